The van der Waals surface area contributed by atoms with Gasteiger partial charge in [0, 0.05) is 32.1 Å². The van der Waals surface area contributed by atoms with E-state index in [0.29, 0.717) is 23.8 Å². The van der Waals surface area contributed by atoms with Crippen LogP contribution in [0.3, 0.4) is 0 Å². The minimum atomic E-state index is -0.292. The predicted octanol–water partition coefficient (Wildman–Crippen LogP) is 2.90. The van der Waals surface area contributed by atoms with Crippen LogP contribution in [0.1, 0.15) is 55.2 Å². The molecule has 4 rings (SSSR count). The number of aromatic amines is 1. The standard InChI is InChI=1S/C20H23N5O2S/c1-13(26)24-11-9-14-4-2-3-5-16(14)17(24)12-19(27)21-10-8-18-22-23-20(28)25(18)15-6-7-15/h2-5,9,11,15,17H,6-8,10,12H2,1H3,(H,21,27)(H,23,28). The first kappa shape index (κ1) is 18.6. The summed E-state index contributed by atoms with van der Waals surface area (Å²) in [6, 6.07) is 8.01. The van der Waals surface area contributed by atoms with E-state index in [1.54, 1.807) is 11.1 Å². The molecular formula is C20H23N5O2S. The summed E-state index contributed by atoms with van der Waals surface area (Å²) in [5.74, 6) is 0.709. The fraction of sp³-hybridized carbons (Fsp3) is 0.400. The van der Waals surface area contributed by atoms with E-state index in [2.05, 4.69) is 20.1 Å². The lowest BCUT2D eigenvalue weighted by Gasteiger charge is -2.32. The lowest BCUT2D eigenvalue weighted by Crippen LogP contribution is -2.35. The van der Waals surface area contributed by atoms with Crippen molar-refractivity contribution < 1.29 is 9.59 Å². The summed E-state index contributed by atoms with van der Waals surface area (Å²) in [6.07, 6.45) is 6.76. The molecule has 7 nitrogen and oxygen atoms in total. The first-order chi connectivity index (χ1) is 13.5. The van der Waals surface area contributed by atoms with Crippen LogP contribution in [-0.4, -0.2) is 38.0 Å². The zero-order valence-corrected chi connectivity index (χ0v) is 16.5. The van der Waals surface area contributed by atoms with E-state index in [1.165, 1.54) is 6.92 Å². The molecule has 0 radical (unpaired) electrons. The lowest BCUT2D eigenvalue weighted by atomic mass is 9.93. The van der Waals surface area contributed by atoms with Crippen LogP contribution in [0.25, 0.3) is 6.08 Å². The number of carbonyl (C=O) groups is 2. The SMILES string of the molecule is CC(=O)N1C=Cc2ccccc2C1CC(=O)NCCc1n[nH]c(=S)n1C1CC1. The maximum atomic E-state index is 12.6. The first-order valence-electron chi connectivity index (χ1n) is 9.53. The van der Waals surface area contributed by atoms with Gasteiger partial charge in [0.15, 0.2) is 4.77 Å². The van der Waals surface area contributed by atoms with E-state index in [9.17, 15) is 9.59 Å². The molecule has 1 aliphatic carbocycles. The van der Waals surface area contributed by atoms with Crippen molar-refractivity contribution in [2.75, 3.05) is 6.54 Å². The largest absolute Gasteiger partial charge is 0.356 e. The molecule has 1 unspecified atom stereocenters. The van der Waals surface area contributed by atoms with Gasteiger partial charge in [-0.25, -0.2) is 0 Å². The Kier molecular flexibility index (Phi) is 5.13. The molecule has 0 bridgehead atoms. The topological polar surface area (TPSA) is 83.0 Å². The summed E-state index contributed by atoms with van der Waals surface area (Å²) in [5, 5.41) is 10.1. The monoisotopic (exact) mass is 397 g/mol. The molecule has 1 aliphatic heterocycles. The average molecular weight is 398 g/mol. The number of hydrogen-bond donors (Lipinski definition) is 2. The number of aromatic nitrogens is 3. The molecular weight excluding hydrogens is 374 g/mol. The van der Waals surface area contributed by atoms with Gasteiger partial charge in [0.2, 0.25) is 11.8 Å². The number of hydrogen-bond acceptors (Lipinski definition) is 4. The molecule has 1 aromatic carbocycles. The van der Waals surface area contributed by atoms with Crippen LogP contribution in [-0.2, 0) is 16.0 Å². The van der Waals surface area contributed by atoms with E-state index >= 15 is 0 Å². The average Bonchev–Trinajstić information content (AvgIpc) is 3.44. The molecule has 2 heterocycles. The molecule has 1 aromatic heterocycles. The van der Waals surface area contributed by atoms with Gasteiger partial charge in [0.1, 0.15) is 5.82 Å². The van der Waals surface area contributed by atoms with Crippen LogP contribution in [0.15, 0.2) is 30.5 Å². The van der Waals surface area contributed by atoms with Crippen LogP contribution in [0.5, 0.6) is 0 Å². The Morgan fingerprint density at radius 3 is 2.86 bits per heavy atom. The van der Waals surface area contributed by atoms with Gasteiger partial charge in [-0.2, -0.15) is 5.10 Å². The van der Waals surface area contributed by atoms with Crippen molar-refractivity contribution in [1.29, 1.82) is 0 Å². The molecule has 2 amide bonds. The van der Waals surface area contributed by atoms with Gasteiger partial charge < -0.3 is 14.8 Å². The van der Waals surface area contributed by atoms with Gasteiger partial charge in [-0.1, -0.05) is 24.3 Å². The van der Waals surface area contributed by atoms with E-state index in [0.717, 1.165) is 29.8 Å². The molecule has 2 aliphatic rings. The van der Waals surface area contributed by atoms with Crippen molar-refractivity contribution in [1.82, 2.24) is 25.0 Å². The van der Waals surface area contributed by atoms with Gasteiger partial charge in [-0.15, -0.1) is 0 Å². The molecule has 8 heteroatoms. The second-order valence-electron chi connectivity index (χ2n) is 7.24. The van der Waals surface area contributed by atoms with Crippen LogP contribution >= 0.6 is 12.2 Å². The summed E-state index contributed by atoms with van der Waals surface area (Å²) in [7, 11) is 0. The Morgan fingerprint density at radius 1 is 1.32 bits per heavy atom. The Balaban J connectivity index is 1.39. The summed E-state index contributed by atoms with van der Waals surface area (Å²) >= 11 is 5.29. The Morgan fingerprint density at radius 2 is 2.11 bits per heavy atom. The quantitative estimate of drug-likeness (QED) is 0.734. The van der Waals surface area contributed by atoms with Crippen molar-refractivity contribution in [3.63, 3.8) is 0 Å². The van der Waals surface area contributed by atoms with E-state index < -0.39 is 0 Å². The third-order valence-corrected chi connectivity index (χ3v) is 5.50. The van der Waals surface area contributed by atoms with Gasteiger partial charge in [0.05, 0.1) is 12.5 Å². The van der Waals surface area contributed by atoms with Crippen LogP contribution in [0, 0.1) is 4.77 Å². The molecule has 1 fully saturated rings. The highest BCUT2D eigenvalue weighted by molar-refractivity contribution is 7.71. The second-order valence-corrected chi connectivity index (χ2v) is 7.62. The van der Waals surface area contributed by atoms with Crippen molar-refractivity contribution in [2.45, 2.75) is 44.7 Å². The first-order valence-corrected chi connectivity index (χ1v) is 9.94. The van der Waals surface area contributed by atoms with E-state index in [4.69, 9.17) is 12.2 Å². The summed E-state index contributed by atoms with van der Waals surface area (Å²) in [6.45, 7) is 2.00. The predicted molar refractivity (Wildman–Crippen MR) is 108 cm³/mol. The van der Waals surface area contributed by atoms with E-state index in [1.807, 2.05) is 30.3 Å². The number of amides is 2. The number of nitrogens with zero attached hydrogens (tertiary/aromatic N) is 3. The zero-order valence-electron chi connectivity index (χ0n) is 15.7. The second kappa shape index (κ2) is 7.71. The van der Waals surface area contributed by atoms with E-state index in [-0.39, 0.29) is 24.3 Å². The van der Waals surface area contributed by atoms with Gasteiger partial charge >= 0.3 is 0 Å². The minimum Gasteiger partial charge on any atom is -0.356 e. The number of fused-ring (bicyclic) bond motifs is 1. The zero-order chi connectivity index (χ0) is 19.7. The molecule has 2 aromatic rings. The number of benzene rings is 1. The Hall–Kier alpha value is -2.74. The highest BCUT2D eigenvalue weighted by Crippen LogP contribution is 2.36. The molecule has 28 heavy (non-hydrogen) atoms. The Labute approximate surface area is 168 Å². The van der Waals surface area contributed by atoms with Crippen molar-refractivity contribution in [3.05, 3.63) is 52.2 Å². The smallest absolute Gasteiger partial charge is 0.223 e. The molecule has 0 saturated heterocycles. The highest BCUT2D eigenvalue weighted by Gasteiger charge is 2.29. The third kappa shape index (κ3) is 3.77. The lowest BCUT2D eigenvalue weighted by molar-refractivity contribution is -0.129. The van der Waals surface area contributed by atoms with Crippen molar-refractivity contribution >= 4 is 30.1 Å². The minimum absolute atomic E-state index is 0.0801. The summed E-state index contributed by atoms with van der Waals surface area (Å²) < 4.78 is 2.70. The maximum absolute atomic E-state index is 12.6. The van der Waals surface area contributed by atoms with Gasteiger partial charge in [0.25, 0.3) is 0 Å². The molecule has 146 valence electrons. The molecule has 0 spiro atoms. The van der Waals surface area contributed by atoms with Gasteiger partial charge in [-0.05, 0) is 42.3 Å². The fourth-order valence-corrected chi connectivity index (χ4v) is 4.00. The summed E-state index contributed by atoms with van der Waals surface area (Å²) in [4.78, 5) is 26.2. The molecule has 2 N–H and O–H groups in total. The van der Waals surface area contributed by atoms with Crippen molar-refractivity contribution in [2.24, 2.45) is 0 Å². The van der Waals surface area contributed by atoms with Gasteiger partial charge in [-0.3, -0.25) is 14.7 Å². The molecule has 1 saturated carbocycles. The van der Waals surface area contributed by atoms with Crippen molar-refractivity contribution in [3.8, 4) is 0 Å². The fourth-order valence-electron chi connectivity index (χ4n) is 3.70. The maximum Gasteiger partial charge on any atom is 0.223 e. The normalized spacial score (nSPS) is 18.0. The van der Waals surface area contributed by atoms with Crippen LogP contribution in [0.4, 0.5) is 0 Å². The number of carbonyl (C=O) groups excluding carboxylic acids is 2. The number of rotatable bonds is 6. The molecule has 1 atom stereocenters. The number of nitrogens with one attached hydrogen (secondary N) is 2. The van der Waals surface area contributed by atoms with Crippen LogP contribution < -0.4 is 5.32 Å². The van der Waals surface area contributed by atoms with Crippen LogP contribution in [0.2, 0.25) is 0 Å². The Bertz CT molecular complexity index is 988. The number of H-pyrrole nitrogens is 1. The third-order valence-electron chi connectivity index (χ3n) is 5.21. The highest BCUT2D eigenvalue weighted by atomic mass is 32.1. The summed E-state index contributed by atoms with van der Waals surface area (Å²) in [5.41, 5.74) is 2.03.